The molecule has 16 heavy (non-hydrogen) atoms. The minimum Gasteiger partial charge on any atom is -0.461 e. The van der Waals surface area contributed by atoms with Gasteiger partial charge in [0.2, 0.25) is 6.33 Å². The molecule has 0 saturated heterocycles. The third-order valence-electron chi connectivity index (χ3n) is 1.74. The van der Waals surface area contributed by atoms with Crippen LogP contribution in [-0.4, -0.2) is 27.1 Å². The number of aromatic nitrogens is 2. The molecule has 0 aliphatic heterocycles. The third-order valence-corrected chi connectivity index (χ3v) is 1.74. The molecule has 0 fully saturated rings. The molecule has 86 valence electrons. The summed E-state index contributed by atoms with van der Waals surface area (Å²) < 4.78 is 6.21. The highest BCUT2D eigenvalue weighted by atomic mass is 16.6. The van der Waals surface area contributed by atoms with Crippen molar-refractivity contribution in [3.05, 3.63) is 35.3 Å². The van der Waals surface area contributed by atoms with E-state index < -0.39 is 4.92 Å². The van der Waals surface area contributed by atoms with Crippen molar-refractivity contribution in [1.82, 2.24) is 9.55 Å². The number of rotatable bonds is 6. The summed E-state index contributed by atoms with van der Waals surface area (Å²) in [5, 5.41) is 10.3. The van der Waals surface area contributed by atoms with E-state index in [4.69, 9.17) is 4.74 Å². The van der Waals surface area contributed by atoms with Gasteiger partial charge in [0, 0.05) is 6.54 Å². The molecule has 1 aromatic heterocycles. The summed E-state index contributed by atoms with van der Waals surface area (Å²) in [6.45, 7) is 3.88. The number of hydrogen-bond donors (Lipinski definition) is 0. The molecule has 1 rings (SSSR count). The highest BCUT2D eigenvalue weighted by Gasteiger charge is 2.10. The zero-order valence-corrected chi connectivity index (χ0v) is 8.54. The van der Waals surface area contributed by atoms with Gasteiger partial charge >= 0.3 is 11.8 Å². The molecule has 7 heteroatoms. The van der Waals surface area contributed by atoms with Crippen LogP contribution >= 0.6 is 0 Å². The summed E-state index contributed by atoms with van der Waals surface area (Å²) in [5.41, 5.74) is 0. The fourth-order valence-electron chi connectivity index (χ4n) is 1.01. The summed E-state index contributed by atoms with van der Waals surface area (Å²) in [5.74, 6) is -0.615. The summed E-state index contributed by atoms with van der Waals surface area (Å²) >= 11 is 0. The van der Waals surface area contributed by atoms with Gasteiger partial charge in [0.1, 0.15) is 12.8 Å². The Balaban J connectivity index is 2.39. The van der Waals surface area contributed by atoms with Gasteiger partial charge in [0.05, 0.1) is 6.42 Å². The molecule has 0 unspecified atom stereocenters. The van der Waals surface area contributed by atoms with E-state index in [-0.39, 0.29) is 24.8 Å². The molecule has 0 aromatic carbocycles. The number of aryl methyl sites for hydroxylation is 1. The van der Waals surface area contributed by atoms with Gasteiger partial charge < -0.3 is 19.4 Å². The lowest BCUT2D eigenvalue weighted by Crippen LogP contribution is -2.08. The van der Waals surface area contributed by atoms with Crippen LogP contribution in [0, 0.1) is 10.1 Å². The molecule has 7 nitrogen and oxygen atoms in total. The number of carbonyl (C=O) groups is 1. The maximum atomic E-state index is 11.1. The zero-order chi connectivity index (χ0) is 12.0. The van der Waals surface area contributed by atoms with Gasteiger partial charge in [-0.3, -0.25) is 4.79 Å². The van der Waals surface area contributed by atoms with Gasteiger partial charge in [-0.2, -0.15) is 0 Å². The van der Waals surface area contributed by atoms with Gasteiger partial charge in [-0.05, 0) is 9.91 Å². The smallest absolute Gasteiger partial charge is 0.381 e. The van der Waals surface area contributed by atoms with Crippen LogP contribution in [0.3, 0.4) is 0 Å². The van der Waals surface area contributed by atoms with Crippen LogP contribution in [0.1, 0.15) is 6.42 Å². The van der Waals surface area contributed by atoms with Crippen LogP contribution in [0.5, 0.6) is 0 Å². The lowest BCUT2D eigenvalue weighted by atomic mass is 10.4. The normalized spacial score (nSPS) is 9.75. The Kier molecular flexibility index (Phi) is 4.19. The molecule has 1 aromatic rings. The van der Waals surface area contributed by atoms with Gasteiger partial charge in [0.15, 0.2) is 0 Å². The van der Waals surface area contributed by atoms with E-state index in [0.717, 1.165) is 0 Å². The number of imidazole rings is 1. The van der Waals surface area contributed by atoms with E-state index in [2.05, 4.69) is 11.6 Å². The van der Waals surface area contributed by atoms with Crippen LogP contribution in [0.4, 0.5) is 5.82 Å². The average molecular weight is 225 g/mol. The summed E-state index contributed by atoms with van der Waals surface area (Å²) in [6, 6.07) is 0. The summed E-state index contributed by atoms with van der Waals surface area (Å²) in [7, 11) is 0. The van der Waals surface area contributed by atoms with Crippen molar-refractivity contribution >= 4 is 11.8 Å². The monoisotopic (exact) mass is 225 g/mol. The largest absolute Gasteiger partial charge is 0.461 e. The SMILES string of the molecule is C=CCOC(=O)CCn1cnc([N+](=O)[O-])c1. The molecule has 0 amide bonds. The second-order valence-electron chi connectivity index (χ2n) is 2.95. The van der Waals surface area contributed by atoms with Crippen LogP contribution in [-0.2, 0) is 16.1 Å². The fourth-order valence-corrected chi connectivity index (χ4v) is 1.01. The standard InChI is InChI=1S/C9H11N3O4/c1-2-5-16-9(13)3-4-11-6-8(10-7-11)12(14)15/h2,6-7H,1,3-5H2. The minimum atomic E-state index is -0.591. The van der Waals surface area contributed by atoms with Gasteiger partial charge in [0.25, 0.3) is 0 Å². The Bertz CT molecular complexity index is 399. The van der Waals surface area contributed by atoms with Crippen LogP contribution in [0.2, 0.25) is 0 Å². The molecule has 0 N–H and O–H groups in total. The summed E-state index contributed by atoms with van der Waals surface area (Å²) in [6.07, 6.45) is 4.18. The minimum absolute atomic E-state index is 0.140. The molecule has 0 atom stereocenters. The van der Waals surface area contributed by atoms with Gasteiger partial charge in [-0.15, -0.1) is 0 Å². The van der Waals surface area contributed by atoms with Crippen molar-refractivity contribution in [3.63, 3.8) is 0 Å². The van der Waals surface area contributed by atoms with E-state index >= 15 is 0 Å². The molecule has 0 saturated carbocycles. The molecular formula is C9H11N3O4. The highest BCUT2D eigenvalue weighted by Crippen LogP contribution is 2.06. The lowest BCUT2D eigenvalue weighted by Gasteiger charge is -2.01. The van der Waals surface area contributed by atoms with Crippen molar-refractivity contribution < 1.29 is 14.5 Å². The molecule has 0 bridgehead atoms. The highest BCUT2D eigenvalue weighted by molar-refractivity contribution is 5.69. The van der Waals surface area contributed by atoms with Crippen molar-refractivity contribution in [2.24, 2.45) is 0 Å². The van der Waals surface area contributed by atoms with Crippen LogP contribution < -0.4 is 0 Å². The Morgan fingerprint density at radius 3 is 3.06 bits per heavy atom. The molecule has 0 aliphatic rings. The van der Waals surface area contributed by atoms with Crippen molar-refractivity contribution in [2.75, 3.05) is 6.61 Å². The van der Waals surface area contributed by atoms with Gasteiger partial charge in [-0.1, -0.05) is 12.7 Å². The Morgan fingerprint density at radius 1 is 1.75 bits per heavy atom. The fraction of sp³-hybridized carbons (Fsp3) is 0.333. The molecule has 1 heterocycles. The lowest BCUT2D eigenvalue weighted by molar-refractivity contribution is -0.389. The average Bonchev–Trinajstić information content (AvgIpc) is 2.72. The first-order valence-electron chi connectivity index (χ1n) is 4.56. The third kappa shape index (κ3) is 3.52. The predicted octanol–water partition coefficient (Wildman–Crippen LogP) is 0.911. The second kappa shape index (κ2) is 5.64. The maximum absolute atomic E-state index is 11.1. The number of nitrogens with zero attached hydrogens (tertiary/aromatic N) is 3. The van der Waals surface area contributed by atoms with E-state index in [1.54, 1.807) is 0 Å². The molecule has 0 radical (unpaired) electrons. The number of ether oxygens (including phenoxy) is 1. The zero-order valence-electron chi connectivity index (χ0n) is 8.54. The van der Waals surface area contributed by atoms with E-state index in [1.807, 2.05) is 0 Å². The predicted molar refractivity (Wildman–Crippen MR) is 54.7 cm³/mol. The van der Waals surface area contributed by atoms with Gasteiger partial charge in [-0.25, -0.2) is 0 Å². The second-order valence-corrected chi connectivity index (χ2v) is 2.95. The first-order valence-corrected chi connectivity index (χ1v) is 4.56. The quantitative estimate of drug-likeness (QED) is 0.311. The Hall–Kier alpha value is -2.18. The Labute approximate surface area is 91.5 Å². The number of carbonyl (C=O) groups excluding carboxylic acids is 1. The van der Waals surface area contributed by atoms with E-state index in [9.17, 15) is 14.9 Å². The van der Waals surface area contributed by atoms with Crippen molar-refractivity contribution in [1.29, 1.82) is 0 Å². The maximum Gasteiger partial charge on any atom is 0.381 e. The topological polar surface area (TPSA) is 87.3 Å². The van der Waals surface area contributed by atoms with Crippen molar-refractivity contribution in [3.8, 4) is 0 Å². The number of esters is 1. The van der Waals surface area contributed by atoms with Crippen LogP contribution in [0.15, 0.2) is 25.2 Å². The molecular weight excluding hydrogens is 214 g/mol. The van der Waals surface area contributed by atoms with E-state index in [0.29, 0.717) is 6.54 Å². The number of nitro groups is 1. The first-order chi connectivity index (χ1) is 7.63. The van der Waals surface area contributed by atoms with Crippen molar-refractivity contribution in [2.45, 2.75) is 13.0 Å². The van der Waals surface area contributed by atoms with Crippen LogP contribution in [0.25, 0.3) is 0 Å². The number of hydrogen-bond acceptors (Lipinski definition) is 5. The molecule has 0 spiro atoms. The Morgan fingerprint density at radius 2 is 2.50 bits per heavy atom. The summed E-state index contributed by atoms with van der Waals surface area (Å²) in [4.78, 5) is 24.4. The molecule has 0 aliphatic carbocycles. The van der Waals surface area contributed by atoms with E-state index in [1.165, 1.54) is 23.2 Å². The first kappa shape index (κ1) is 11.9.